The first-order valence-electron chi connectivity index (χ1n) is 8.97. The number of hydrogen-bond donors (Lipinski definition) is 2. The average molecular weight is 368 g/mol. The van der Waals surface area contributed by atoms with Crippen LogP contribution in [-0.2, 0) is 10.2 Å². The first kappa shape index (κ1) is 20.0. The molecule has 0 bridgehead atoms. The van der Waals surface area contributed by atoms with Crippen molar-refractivity contribution in [2.75, 3.05) is 45.4 Å². The molecule has 0 radical (unpaired) electrons. The predicted molar refractivity (Wildman–Crippen MR) is 105 cm³/mol. The van der Waals surface area contributed by atoms with Crippen molar-refractivity contribution in [3.8, 4) is 0 Å². The van der Waals surface area contributed by atoms with Crippen LogP contribution in [0.3, 0.4) is 0 Å². The van der Waals surface area contributed by atoms with Gasteiger partial charge >= 0.3 is 0 Å². The number of guanidine groups is 1. The zero-order valence-electron chi connectivity index (χ0n) is 15.3. The Balaban J connectivity index is 1.94. The Hall–Kier alpha value is -1.27. The molecule has 25 heavy (non-hydrogen) atoms. The van der Waals surface area contributed by atoms with Gasteiger partial charge in [-0.25, -0.2) is 4.39 Å². The summed E-state index contributed by atoms with van der Waals surface area (Å²) in [4.78, 5) is 4.33. The van der Waals surface area contributed by atoms with Crippen LogP contribution in [-0.4, -0.2) is 51.3 Å². The molecule has 0 atom stereocenters. The van der Waals surface area contributed by atoms with E-state index in [2.05, 4.69) is 21.9 Å². The molecular formula is C19H30FN3OS. The molecule has 140 valence electrons. The summed E-state index contributed by atoms with van der Waals surface area (Å²) in [5, 5.41) is 6.85. The van der Waals surface area contributed by atoms with Gasteiger partial charge in [-0.3, -0.25) is 4.99 Å². The summed E-state index contributed by atoms with van der Waals surface area (Å²) in [6.45, 7) is 3.17. The second-order valence-corrected chi connectivity index (χ2v) is 7.44. The van der Waals surface area contributed by atoms with Gasteiger partial charge in [-0.1, -0.05) is 12.1 Å². The number of rotatable bonds is 8. The molecule has 2 rings (SSSR count). The van der Waals surface area contributed by atoms with E-state index in [-0.39, 0.29) is 11.2 Å². The number of benzene rings is 1. The number of nitrogens with zero attached hydrogens (tertiary/aromatic N) is 1. The molecule has 2 N–H and O–H groups in total. The van der Waals surface area contributed by atoms with Crippen molar-refractivity contribution in [2.24, 2.45) is 4.99 Å². The van der Waals surface area contributed by atoms with Gasteiger partial charge in [0, 0.05) is 38.8 Å². The maximum absolute atomic E-state index is 13.3. The van der Waals surface area contributed by atoms with Crippen LogP contribution < -0.4 is 10.6 Å². The van der Waals surface area contributed by atoms with Crippen LogP contribution >= 0.6 is 11.8 Å². The molecule has 0 unspecified atom stereocenters. The normalized spacial score (nSPS) is 17.3. The molecular weight excluding hydrogens is 337 g/mol. The van der Waals surface area contributed by atoms with E-state index in [4.69, 9.17) is 4.74 Å². The third-order valence-electron chi connectivity index (χ3n) is 4.79. The molecule has 1 fully saturated rings. The quantitative estimate of drug-likeness (QED) is 0.421. The lowest BCUT2D eigenvalue weighted by Crippen LogP contribution is -2.48. The molecule has 0 spiro atoms. The van der Waals surface area contributed by atoms with E-state index in [0.717, 1.165) is 51.5 Å². The largest absolute Gasteiger partial charge is 0.381 e. The van der Waals surface area contributed by atoms with Crippen molar-refractivity contribution >= 4 is 17.7 Å². The lowest BCUT2D eigenvalue weighted by Gasteiger charge is -2.38. The van der Waals surface area contributed by atoms with Crippen LogP contribution in [0, 0.1) is 5.82 Å². The predicted octanol–water partition coefficient (Wildman–Crippen LogP) is 3.18. The van der Waals surface area contributed by atoms with Gasteiger partial charge in [0.1, 0.15) is 5.82 Å². The molecule has 0 saturated carbocycles. The molecule has 0 aromatic heterocycles. The topological polar surface area (TPSA) is 45.7 Å². The van der Waals surface area contributed by atoms with Crippen molar-refractivity contribution < 1.29 is 9.13 Å². The smallest absolute Gasteiger partial charge is 0.191 e. The fourth-order valence-corrected chi connectivity index (χ4v) is 3.68. The third kappa shape index (κ3) is 6.19. The van der Waals surface area contributed by atoms with Gasteiger partial charge in [0.2, 0.25) is 0 Å². The molecule has 1 heterocycles. The Kier molecular flexibility index (Phi) is 8.55. The maximum atomic E-state index is 13.3. The van der Waals surface area contributed by atoms with Gasteiger partial charge in [0.15, 0.2) is 5.96 Å². The van der Waals surface area contributed by atoms with Crippen molar-refractivity contribution in [1.82, 2.24) is 10.6 Å². The van der Waals surface area contributed by atoms with E-state index in [1.807, 2.05) is 23.9 Å². The molecule has 1 aromatic rings. The van der Waals surface area contributed by atoms with Crippen molar-refractivity contribution in [3.63, 3.8) is 0 Å². The molecule has 0 amide bonds. The molecule has 1 aliphatic rings. The van der Waals surface area contributed by atoms with Gasteiger partial charge < -0.3 is 15.4 Å². The molecule has 4 nitrogen and oxygen atoms in total. The fraction of sp³-hybridized carbons (Fsp3) is 0.632. The standard InChI is InChI=1S/C19H30FN3OS/c1-21-18(22-11-3-4-14-25-2)23-15-19(9-12-24-13-10-19)16-5-7-17(20)8-6-16/h5-8H,3-4,9-15H2,1-2H3,(H2,21,22,23). The highest BCUT2D eigenvalue weighted by Crippen LogP contribution is 2.34. The number of unbranched alkanes of at least 4 members (excludes halogenated alkanes) is 1. The average Bonchev–Trinajstić information content (AvgIpc) is 2.65. The van der Waals surface area contributed by atoms with Crippen LogP contribution in [0.2, 0.25) is 0 Å². The summed E-state index contributed by atoms with van der Waals surface area (Å²) in [6.07, 6.45) is 6.34. The van der Waals surface area contributed by atoms with Gasteiger partial charge in [-0.05, 0) is 55.4 Å². The maximum Gasteiger partial charge on any atom is 0.191 e. The van der Waals surface area contributed by atoms with Gasteiger partial charge in [0.25, 0.3) is 0 Å². The summed E-state index contributed by atoms with van der Waals surface area (Å²) in [5.41, 5.74) is 1.13. The number of hydrogen-bond acceptors (Lipinski definition) is 3. The summed E-state index contributed by atoms with van der Waals surface area (Å²) in [5.74, 6) is 1.83. The molecule has 1 saturated heterocycles. The Bertz CT molecular complexity index is 530. The molecule has 1 aliphatic heterocycles. The van der Waals surface area contributed by atoms with Crippen molar-refractivity contribution in [2.45, 2.75) is 31.1 Å². The highest BCUT2D eigenvalue weighted by Gasteiger charge is 2.34. The van der Waals surface area contributed by atoms with Gasteiger partial charge in [-0.2, -0.15) is 11.8 Å². The second-order valence-electron chi connectivity index (χ2n) is 6.45. The monoisotopic (exact) mass is 367 g/mol. The number of thioether (sulfide) groups is 1. The number of halogens is 1. The number of aliphatic imine (C=N–C) groups is 1. The molecule has 1 aromatic carbocycles. The van der Waals surface area contributed by atoms with Crippen LogP contribution in [0.5, 0.6) is 0 Å². The lowest BCUT2D eigenvalue weighted by atomic mass is 9.74. The Labute approximate surface area is 155 Å². The molecule has 6 heteroatoms. The minimum absolute atomic E-state index is 0.0393. The van der Waals surface area contributed by atoms with E-state index in [9.17, 15) is 4.39 Å². The first-order valence-corrected chi connectivity index (χ1v) is 10.4. The highest BCUT2D eigenvalue weighted by molar-refractivity contribution is 7.98. The van der Waals surface area contributed by atoms with E-state index in [1.54, 1.807) is 19.2 Å². The summed E-state index contributed by atoms with van der Waals surface area (Å²) < 4.78 is 18.9. The first-order chi connectivity index (χ1) is 12.2. The van der Waals surface area contributed by atoms with Crippen LogP contribution in [0.25, 0.3) is 0 Å². The molecule has 0 aliphatic carbocycles. The summed E-state index contributed by atoms with van der Waals surface area (Å²) in [7, 11) is 1.80. The van der Waals surface area contributed by atoms with E-state index in [1.165, 1.54) is 17.7 Å². The van der Waals surface area contributed by atoms with Crippen LogP contribution in [0.4, 0.5) is 4.39 Å². The second kappa shape index (κ2) is 10.7. The van der Waals surface area contributed by atoms with Gasteiger partial charge in [0.05, 0.1) is 0 Å². The summed E-state index contributed by atoms with van der Waals surface area (Å²) >= 11 is 1.88. The Morgan fingerprint density at radius 1 is 1.20 bits per heavy atom. The van der Waals surface area contributed by atoms with Crippen LogP contribution in [0.15, 0.2) is 29.3 Å². The van der Waals surface area contributed by atoms with Crippen molar-refractivity contribution in [1.29, 1.82) is 0 Å². The number of ether oxygens (including phenoxy) is 1. The number of nitrogens with one attached hydrogen (secondary N) is 2. The van der Waals surface area contributed by atoms with Crippen LogP contribution in [0.1, 0.15) is 31.2 Å². The SMILES string of the molecule is CN=C(NCCCCSC)NCC1(c2ccc(F)cc2)CCOCC1. The minimum Gasteiger partial charge on any atom is -0.381 e. The van der Waals surface area contributed by atoms with E-state index in [0.29, 0.717) is 0 Å². The Morgan fingerprint density at radius 2 is 1.92 bits per heavy atom. The van der Waals surface area contributed by atoms with E-state index >= 15 is 0 Å². The third-order valence-corrected chi connectivity index (χ3v) is 5.49. The summed E-state index contributed by atoms with van der Waals surface area (Å²) in [6, 6.07) is 6.90. The Morgan fingerprint density at radius 3 is 2.56 bits per heavy atom. The zero-order chi connectivity index (χ0) is 18.0. The fourth-order valence-electron chi connectivity index (χ4n) is 3.18. The van der Waals surface area contributed by atoms with Gasteiger partial charge in [-0.15, -0.1) is 0 Å². The lowest BCUT2D eigenvalue weighted by molar-refractivity contribution is 0.0513. The zero-order valence-corrected chi connectivity index (χ0v) is 16.1. The highest BCUT2D eigenvalue weighted by atomic mass is 32.2. The minimum atomic E-state index is -0.193. The van der Waals surface area contributed by atoms with Crippen molar-refractivity contribution in [3.05, 3.63) is 35.6 Å². The van der Waals surface area contributed by atoms with E-state index < -0.39 is 0 Å².